The highest BCUT2D eigenvalue weighted by molar-refractivity contribution is 7.14. The summed E-state index contributed by atoms with van der Waals surface area (Å²) in [5.74, 6) is -4.01. The van der Waals surface area contributed by atoms with Crippen molar-refractivity contribution < 1.29 is 42.6 Å². The molecule has 0 radical (unpaired) electrons. The van der Waals surface area contributed by atoms with Crippen LogP contribution in [0.1, 0.15) is 42.5 Å². The number of carboxylic acid groups (broad SMARTS) is 2. The second-order valence-corrected chi connectivity index (χ2v) is 8.12. The van der Waals surface area contributed by atoms with Gasteiger partial charge in [-0.05, 0) is 30.0 Å². The maximum atomic E-state index is 12.3. The van der Waals surface area contributed by atoms with E-state index in [9.17, 15) is 27.6 Å². The molecular formula is C21H21F3N2O6S. The second-order valence-electron chi connectivity index (χ2n) is 6.99. The average molecular weight is 486 g/mol. The number of nitrogens with one attached hydrogen (secondary N) is 2. The van der Waals surface area contributed by atoms with Crippen molar-refractivity contribution in [3.05, 3.63) is 56.8 Å². The molecule has 2 heterocycles. The van der Waals surface area contributed by atoms with E-state index in [-0.39, 0.29) is 24.7 Å². The monoisotopic (exact) mass is 486 g/mol. The normalized spacial score (nSPS) is 12.7. The summed E-state index contributed by atoms with van der Waals surface area (Å²) in [5, 5.41) is 21.8. The van der Waals surface area contributed by atoms with Gasteiger partial charge in [0.15, 0.2) is 5.78 Å². The fourth-order valence-electron chi connectivity index (χ4n) is 2.82. The van der Waals surface area contributed by atoms with Gasteiger partial charge in [-0.2, -0.15) is 13.2 Å². The highest BCUT2D eigenvalue weighted by Crippen LogP contribution is 2.25. The Morgan fingerprint density at radius 2 is 1.73 bits per heavy atom. The highest BCUT2D eigenvalue weighted by Gasteiger charge is 2.38. The minimum Gasteiger partial charge on any atom is -0.481 e. The Kier molecular flexibility index (Phi) is 9.12. The number of halogens is 3. The number of carbonyl (C=O) groups is 4. The van der Waals surface area contributed by atoms with Gasteiger partial charge in [0.2, 0.25) is 0 Å². The van der Waals surface area contributed by atoms with Crippen molar-refractivity contribution in [1.82, 2.24) is 10.6 Å². The van der Waals surface area contributed by atoms with Gasteiger partial charge in [-0.25, -0.2) is 4.79 Å². The Morgan fingerprint density at radius 3 is 2.27 bits per heavy atom. The van der Waals surface area contributed by atoms with Crippen LogP contribution in [0.5, 0.6) is 0 Å². The van der Waals surface area contributed by atoms with Crippen molar-refractivity contribution in [3.8, 4) is 0 Å². The highest BCUT2D eigenvalue weighted by atomic mass is 32.1. The molecule has 1 aromatic carbocycles. The topological polar surface area (TPSA) is 133 Å². The summed E-state index contributed by atoms with van der Waals surface area (Å²) in [4.78, 5) is 45.9. The van der Waals surface area contributed by atoms with Gasteiger partial charge < -0.3 is 20.8 Å². The van der Waals surface area contributed by atoms with E-state index >= 15 is 0 Å². The summed E-state index contributed by atoms with van der Waals surface area (Å²) in [5.41, 5.74) is 2.53. The van der Waals surface area contributed by atoms with E-state index < -0.39 is 18.1 Å². The SMILES string of the molecule is O=C(O)C(F)(F)F.O=C(O)CCc1ccc(C(=O)CNC(=O)c2cc3c(s2)CCNC3)cc1. The van der Waals surface area contributed by atoms with Crippen LogP contribution in [0.4, 0.5) is 13.2 Å². The van der Waals surface area contributed by atoms with E-state index in [0.29, 0.717) is 16.9 Å². The van der Waals surface area contributed by atoms with Crippen molar-refractivity contribution in [1.29, 1.82) is 0 Å². The van der Waals surface area contributed by atoms with Crippen molar-refractivity contribution >= 4 is 35.0 Å². The molecule has 33 heavy (non-hydrogen) atoms. The molecule has 0 fully saturated rings. The molecule has 178 valence electrons. The van der Waals surface area contributed by atoms with Crippen LogP contribution in [0.25, 0.3) is 0 Å². The number of hydrogen-bond acceptors (Lipinski definition) is 6. The number of hydrogen-bond donors (Lipinski definition) is 4. The van der Waals surface area contributed by atoms with Crippen molar-refractivity contribution in [3.63, 3.8) is 0 Å². The van der Waals surface area contributed by atoms with Gasteiger partial charge >= 0.3 is 18.1 Å². The molecule has 1 aliphatic heterocycles. The van der Waals surface area contributed by atoms with E-state index in [1.807, 2.05) is 6.07 Å². The zero-order valence-electron chi connectivity index (χ0n) is 17.2. The van der Waals surface area contributed by atoms with Gasteiger partial charge in [0.1, 0.15) is 0 Å². The fourth-order valence-corrected chi connectivity index (χ4v) is 3.92. The Hall–Kier alpha value is -3.25. The molecule has 0 saturated carbocycles. The summed E-state index contributed by atoms with van der Waals surface area (Å²) >= 11 is 1.49. The zero-order valence-corrected chi connectivity index (χ0v) is 18.0. The molecule has 8 nitrogen and oxygen atoms in total. The lowest BCUT2D eigenvalue weighted by atomic mass is 10.0. The number of alkyl halides is 3. The first-order chi connectivity index (χ1) is 15.5. The minimum absolute atomic E-state index is 0.0592. The summed E-state index contributed by atoms with van der Waals surface area (Å²) < 4.78 is 31.7. The minimum atomic E-state index is -5.08. The quantitative estimate of drug-likeness (QED) is 0.442. The number of rotatable bonds is 7. The molecule has 0 spiro atoms. The molecule has 0 unspecified atom stereocenters. The van der Waals surface area contributed by atoms with E-state index in [0.717, 1.165) is 30.6 Å². The molecule has 1 aliphatic rings. The van der Waals surface area contributed by atoms with Gasteiger partial charge in [0, 0.05) is 30.0 Å². The summed E-state index contributed by atoms with van der Waals surface area (Å²) in [6.45, 7) is 1.65. The van der Waals surface area contributed by atoms with Gasteiger partial charge in [-0.15, -0.1) is 11.3 Å². The molecule has 0 aliphatic carbocycles. The molecule has 1 amide bonds. The number of aliphatic carboxylic acids is 2. The molecule has 2 aromatic rings. The first-order valence-corrected chi connectivity index (χ1v) is 10.5. The maximum Gasteiger partial charge on any atom is 0.490 e. The number of carboxylic acids is 2. The van der Waals surface area contributed by atoms with Crippen molar-refractivity contribution in [2.75, 3.05) is 13.1 Å². The maximum absolute atomic E-state index is 12.3. The molecule has 1 aromatic heterocycles. The molecule has 0 saturated heterocycles. The van der Waals surface area contributed by atoms with E-state index in [1.165, 1.54) is 16.2 Å². The van der Waals surface area contributed by atoms with E-state index in [1.54, 1.807) is 24.3 Å². The van der Waals surface area contributed by atoms with Gasteiger partial charge in [0.25, 0.3) is 5.91 Å². The summed E-state index contributed by atoms with van der Waals surface area (Å²) in [7, 11) is 0. The zero-order chi connectivity index (χ0) is 24.6. The number of aryl methyl sites for hydroxylation is 1. The first kappa shape index (κ1) is 26.0. The Morgan fingerprint density at radius 1 is 1.09 bits per heavy atom. The second kappa shape index (κ2) is 11.6. The molecule has 0 atom stereocenters. The van der Waals surface area contributed by atoms with Gasteiger partial charge in [0.05, 0.1) is 11.4 Å². The fraction of sp³-hybridized carbons (Fsp3) is 0.333. The van der Waals surface area contributed by atoms with Crippen LogP contribution in [-0.4, -0.2) is 53.1 Å². The lowest BCUT2D eigenvalue weighted by molar-refractivity contribution is -0.192. The largest absolute Gasteiger partial charge is 0.490 e. The third-order valence-electron chi connectivity index (χ3n) is 4.52. The number of carbonyl (C=O) groups excluding carboxylic acids is 2. The van der Waals surface area contributed by atoms with Crippen LogP contribution in [0.3, 0.4) is 0 Å². The lowest BCUT2D eigenvalue weighted by Gasteiger charge is -2.10. The molecule has 0 bridgehead atoms. The predicted octanol–water partition coefficient (Wildman–Crippen LogP) is 2.66. The van der Waals surface area contributed by atoms with Crippen LogP contribution in [0.15, 0.2) is 30.3 Å². The third kappa shape index (κ3) is 8.31. The average Bonchev–Trinajstić information content (AvgIpc) is 3.20. The van der Waals surface area contributed by atoms with Crippen LogP contribution in [0, 0.1) is 0 Å². The number of amides is 1. The standard InChI is InChI=1S/C19H20N2O4S.C2HF3O2/c22-15(13-4-1-12(2-5-13)3-6-18(23)24)11-21-19(25)17-9-14-10-20-8-7-16(14)26-17;3-2(4,5)1(6)7/h1-2,4-5,9,20H,3,6-8,10-11H2,(H,21,25)(H,23,24);(H,6,7). The van der Waals surface area contributed by atoms with E-state index in [2.05, 4.69) is 10.6 Å². The van der Waals surface area contributed by atoms with Crippen LogP contribution >= 0.6 is 11.3 Å². The Balaban J connectivity index is 0.000000479. The number of thiophene rings is 1. The van der Waals surface area contributed by atoms with Crippen LogP contribution in [-0.2, 0) is 29.0 Å². The summed E-state index contributed by atoms with van der Waals surface area (Å²) in [6, 6.07) is 8.72. The van der Waals surface area contributed by atoms with Crippen LogP contribution < -0.4 is 10.6 Å². The molecule has 12 heteroatoms. The number of ketones is 1. The van der Waals surface area contributed by atoms with Gasteiger partial charge in [-0.1, -0.05) is 24.3 Å². The lowest BCUT2D eigenvalue weighted by Crippen LogP contribution is -2.29. The number of benzene rings is 1. The van der Waals surface area contributed by atoms with Crippen LogP contribution in [0.2, 0.25) is 0 Å². The molecule has 3 rings (SSSR count). The Bertz CT molecular complexity index is 994. The molecule has 4 N–H and O–H groups in total. The van der Waals surface area contributed by atoms with Gasteiger partial charge in [-0.3, -0.25) is 14.4 Å². The first-order valence-electron chi connectivity index (χ1n) is 9.72. The summed E-state index contributed by atoms with van der Waals surface area (Å²) in [6.07, 6.45) is -3.66. The van der Waals surface area contributed by atoms with E-state index in [4.69, 9.17) is 15.0 Å². The molecular weight excluding hydrogens is 465 g/mol. The third-order valence-corrected chi connectivity index (χ3v) is 5.76. The van der Waals surface area contributed by atoms with Crippen molar-refractivity contribution in [2.24, 2.45) is 0 Å². The van der Waals surface area contributed by atoms with Crippen molar-refractivity contribution in [2.45, 2.75) is 32.0 Å². The number of fused-ring (bicyclic) bond motifs is 1. The smallest absolute Gasteiger partial charge is 0.481 e. The number of Topliss-reactive ketones (excluding diaryl/α,β-unsaturated/α-hetero) is 1. The predicted molar refractivity (Wildman–Crippen MR) is 112 cm³/mol. The Labute approximate surface area is 190 Å².